The van der Waals surface area contributed by atoms with E-state index in [9.17, 15) is 34.5 Å². The van der Waals surface area contributed by atoms with Crippen LogP contribution in [0.15, 0.2) is 12.5 Å². The van der Waals surface area contributed by atoms with E-state index in [0.29, 0.717) is 12.1 Å². The maximum atomic E-state index is 13.0. The molecular weight excluding hydrogens is 436 g/mol. The predicted octanol–water partition coefficient (Wildman–Crippen LogP) is -2.37. The molecule has 0 aliphatic carbocycles. The average Bonchev–Trinajstić information content (AvgIpc) is 3.26. The zero-order chi connectivity index (χ0) is 25.3. The maximum absolute atomic E-state index is 13.0. The fourth-order valence-corrected chi connectivity index (χ4v) is 2.90. The molecule has 0 saturated heterocycles. The minimum Gasteiger partial charge on any atom is -0.480 e. The SMILES string of the molecule is CCC(C)C(NC(=O)C(NC(=O)C(Cc1cnc[nH]1)NC(=O)C(N)C(C)O)C(C)O)C(=O)O. The number of aromatic nitrogens is 2. The minimum atomic E-state index is -1.49. The quantitative estimate of drug-likeness (QED) is 0.154. The molecule has 13 nitrogen and oxygen atoms in total. The molecule has 7 atom stereocenters. The predicted molar refractivity (Wildman–Crippen MR) is 117 cm³/mol. The topological polar surface area (TPSA) is 220 Å². The number of hydrogen-bond acceptors (Lipinski definition) is 8. The Morgan fingerprint density at radius 1 is 1.00 bits per heavy atom. The molecule has 1 rings (SSSR count). The number of nitrogens with two attached hydrogens (primary N) is 1. The van der Waals surface area contributed by atoms with Crippen LogP contribution in [0.4, 0.5) is 0 Å². The zero-order valence-electron chi connectivity index (χ0n) is 19.1. The molecule has 0 radical (unpaired) electrons. The van der Waals surface area contributed by atoms with Gasteiger partial charge in [-0.25, -0.2) is 9.78 Å². The van der Waals surface area contributed by atoms with Crippen molar-refractivity contribution in [3.63, 3.8) is 0 Å². The third-order valence-electron chi connectivity index (χ3n) is 5.27. The van der Waals surface area contributed by atoms with Gasteiger partial charge in [-0.1, -0.05) is 20.3 Å². The van der Waals surface area contributed by atoms with Gasteiger partial charge in [0.1, 0.15) is 24.2 Å². The van der Waals surface area contributed by atoms with E-state index in [-0.39, 0.29) is 6.42 Å². The van der Waals surface area contributed by atoms with Gasteiger partial charge >= 0.3 is 5.97 Å². The number of carbonyl (C=O) groups excluding carboxylic acids is 3. The van der Waals surface area contributed by atoms with E-state index in [1.807, 2.05) is 0 Å². The number of aromatic amines is 1. The van der Waals surface area contributed by atoms with Gasteiger partial charge in [0.25, 0.3) is 0 Å². The van der Waals surface area contributed by atoms with Gasteiger partial charge in [-0.05, 0) is 19.8 Å². The third-order valence-corrected chi connectivity index (χ3v) is 5.27. The number of carbonyl (C=O) groups is 4. The summed E-state index contributed by atoms with van der Waals surface area (Å²) in [6.07, 6.45) is 0.687. The molecule has 186 valence electrons. The Balaban J connectivity index is 3.04. The number of nitrogens with one attached hydrogen (secondary N) is 4. The van der Waals surface area contributed by atoms with Crippen molar-refractivity contribution in [3.8, 4) is 0 Å². The minimum absolute atomic E-state index is 0.0527. The van der Waals surface area contributed by atoms with Crippen LogP contribution in [-0.4, -0.2) is 85.4 Å². The summed E-state index contributed by atoms with van der Waals surface area (Å²) >= 11 is 0. The van der Waals surface area contributed by atoms with Gasteiger partial charge in [-0.3, -0.25) is 14.4 Å². The summed E-state index contributed by atoms with van der Waals surface area (Å²) in [5, 5.41) is 36.1. The Labute approximate surface area is 191 Å². The Bertz CT molecular complexity index is 799. The van der Waals surface area contributed by atoms with Crippen LogP contribution < -0.4 is 21.7 Å². The molecule has 1 aromatic heterocycles. The summed E-state index contributed by atoms with van der Waals surface area (Å²) in [4.78, 5) is 56.1. The van der Waals surface area contributed by atoms with Crippen molar-refractivity contribution in [3.05, 3.63) is 18.2 Å². The first-order valence-corrected chi connectivity index (χ1v) is 10.6. The number of nitrogens with zero attached hydrogens (tertiary/aromatic N) is 1. The molecule has 0 aliphatic heterocycles. The molecule has 1 heterocycles. The number of aliphatic hydroxyl groups is 2. The zero-order valence-corrected chi connectivity index (χ0v) is 19.1. The van der Waals surface area contributed by atoms with Gasteiger partial charge in [0, 0.05) is 18.3 Å². The summed E-state index contributed by atoms with van der Waals surface area (Å²) in [6, 6.07) is -5.24. The van der Waals surface area contributed by atoms with E-state index >= 15 is 0 Å². The van der Waals surface area contributed by atoms with Gasteiger partial charge < -0.3 is 42.0 Å². The highest BCUT2D eigenvalue weighted by molar-refractivity contribution is 5.94. The van der Waals surface area contributed by atoms with Crippen LogP contribution >= 0.6 is 0 Å². The van der Waals surface area contributed by atoms with E-state index in [2.05, 4.69) is 25.9 Å². The summed E-state index contributed by atoms with van der Waals surface area (Å²) in [5.74, 6) is -4.16. The van der Waals surface area contributed by atoms with E-state index < -0.39 is 66.0 Å². The van der Waals surface area contributed by atoms with E-state index in [1.165, 1.54) is 26.4 Å². The second-order valence-electron chi connectivity index (χ2n) is 8.05. The maximum Gasteiger partial charge on any atom is 0.326 e. The highest BCUT2D eigenvalue weighted by Gasteiger charge is 2.34. The highest BCUT2D eigenvalue weighted by atomic mass is 16.4. The van der Waals surface area contributed by atoms with Gasteiger partial charge in [-0.2, -0.15) is 0 Å². The lowest BCUT2D eigenvalue weighted by Crippen LogP contribution is -2.61. The van der Waals surface area contributed by atoms with Crippen LogP contribution in [-0.2, 0) is 25.6 Å². The van der Waals surface area contributed by atoms with Gasteiger partial charge in [0.05, 0.1) is 18.5 Å². The third kappa shape index (κ3) is 8.44. The fourth-order valence-electron chi connectivity index (χ4n) is 2.90. The van der Waals surface area contributed by atoms with E-state index in [1.54, 1.807) is 13.8 Å². The molecule has 13 heteroatoms. The second kappa shape index (κ2) is 12.9. The molecule has 3 amide bonds. The molecule has 9 N–H and O–H groups in total. The number of carboxylic acids is 1. The van der Waals surface area contributed by atoms with Crippen molar-refractivity contribution >= 4 is 23.7 Å². The summed E-state index contributed by atoms with van der Waals surface area (Å²) < 4.78 is 0. The number of carboxylic acid groups (broad SMARTS) is 1. The van der Waals surface area contributed by atoms with Crippen molar-refractivity contribution in [2.75, 3.05) is 0 Å². The number of imidazole rings is 1. The van der Waals surface area contributed by atoms with Crippen molar-refractivity contribution in [2.24, 2.45) is 11.7 Å². The second-order valence-corrected chi connectivity index (χ2v) is 8.05. The molecule has 0 saturated carbocycles. The van der Waals surface area contributed by atoms with Crippen LogP contribution in [0, 0.1) is 5.92 Å². The van der Waals surface area contributed by atoms with Gasteiger partial charge in [0.2, 0.25) is 17.7 Å². The molecule has 1 aromatic rings. The first kappa shape index (κ1) is 28.0. The lowest BCUT2D eigenvalue weighted by Gasteiger charge is -2.27. The number of amides is 3. The number of rotatable bonds is 13. The molecule has 0 bridgehead atoms. The van der Waals surface area contributed by atoms with E-state index in [0.717, 1.165) is 0 Å². The summed E-state index contributed by atoms with van der Waals surface area (Å²) in [7, 11) is 0. The molecule has 0 aliphatic rings. The molecule has 0 spiro atoms. The number of aliphatic carboxylic acids is 1. The Kier molecular flexibility index (Phi) is 10.9. The average molecular weight is 471 g/mol. The molecule has 0 aromatic carbocycles. The van der Waals surface area contributed by atoms with Crippen LogP contribution in [0.5, 0.6) is 0 Å². The van der Waals surface area contributed by atoms with Gasteiger partial charge in [-0.15, -0.1) is 0 Å². The summed E-state index contributed by atoms with van der Waals surface area (Å²) in [5.41, 5.74) is 6.12. The summed E-state index contributed by atoms with van der Waals surface area (Å²) in [6.45, 7) is 5.99. The Morgan fingerprint density at radius 3 is 2.06 bits per heavy atom. The first-order chi connectivity index (χ1) is 15.4. The highest BCUT2D eigenvalue weighted by Crippen LogP contribution is 2.09. The first-order valence-electron chi connectivity index (χ1n) is 10.6. The van der Waals surface area contributed by atoms with E-state index in [4.69, 9.17) is 5.73 Å². The van der Waals surface area contributed by atoms with Crippen LogP contribution in [0.25, 0.3) is 0 Å². The largest absolute Gasteiger partial charge is 0.480 e. The van der Waals surface area contributed by atoms with Crippen molar-refractivity contribution in [2.45, 2.75) is 76.9 Å². The molecule has 33 heavy (non-hydrogen) atoms. The standard InChI is InChI=1S/C20H34N6O7/c1-5-9(2)15(20(32)33)25-19(31)16(11(4)28)26-17(29)13(6-12-7-22-8-23-12)24-18(30)14(21)10(3)27/h7-11,13-16,27-28H,5-6,21H2,1-4H3,(H,22,23)(H,24,30)(H,25,31)(H,26,29)(H,32,33). The molecular formula is C20H34N6O7. The fraction of sp³-hybridized carbons (Fsp3) is 0.650. The monoisotopic (exact) mass is 470 g/mol. The van der Waals surface area contributed by atoms with Crippen LogP contribution in [0.2, 0.25) is 0 Å². The molecule has 0 fully saturated rings. The Morgan fingerprint density at radius 2 is 1.61 bits per heavy atom. The number of aliphatic hydroxyl groups excluding tert-OH is 2. The smallest absolute Gasteiger partial charge is 0.326 e. The number of H-pyrrole nitrogens is 1. The molecule has 7 unspecified atom stereocenters. The van der Waals surface area contributed by atoms with Crippen LogP contribution in [0.1, 0.15) is 39.8 Å². The Hall–Kier alpha value is -3.03. The van der Waals surface area contributed by atoms with Crippen LogP contribution in [0.3, 0.4) is 0 Å². The van der Waals surface area contributed by atoms with Crippen molar-refractivity contribution in [1.29, 1.82) is 0 Å². The number of hydrogen-bond donors (Lipinski definition) is 8. The lowest BCUT2D eigenvalue weighted by molar-refractivity contribution is -0.144. The van der Waals surface area contributed by atoms with Gasteiger partial charge in [0.15, 0.2) is 0 Å². The lowest BCUT2D eigenvalue weighted by atomic mass is 9.98. The van der Waals surface area contributed by atoms with Crippen molar-refractivity contribution < 1.29 is 34.5 Å². The van der Waals surface area contributed by atoms with Crippen molar-refractivity contribution in [1.82, 2.24) is 25.9 Å². The normalized spacial score (nSPS) is 17.5.